The van der Waals surface area contributed by atoms with E-state index in [-0.39, 0.29) is 17.9 Å². The van der Waals surface area contributed by atoms with E-state index in [1.807, 2.05) is 60.7 Å². The van der Waals surface area contributed by atoms with Gasteiger partial charge < -0.3 is 14.8 Å². The maximum Gasteiger partial charge on any atom is 0.295 e. The van der Waals surface area contributed by atoms with E-state index in [4.69, 9.17) is 9.47 Å². The number of nitrogens with zero attached hydrogens (tertiary/aromatic N) is 2. The van der Waals surface area contributed by atoms with Crippen molar-refractivity contribution in [3.63, 3.8) is 0 Å². The lowest BCUT2D eigenvalue weighted by Gasteiger charge is -2.12. The SMILES string of the molecule is Cc1c(NC(=O)c2ccccc2OCCOc2ccccc2)c(=O)n(-c2ccccc2)n1C. The van der Waals surface area contributed by atoms with Crippen molar-refractivity contribution in [2.45, 2.75) is 6.92 Å². The third-order valence-electron chi connectivity index (χ3n) is 5.28. The Morgan fingerprint density at radius 2 is 1.45 bits per heavy atom. The average molecular weight is 444 g/mol. The third kappa shape index (κ3) is 4.82. The van der Waals surface area contributed by atoms with Crippen molar-refractivity contribution in [3.05, 3.63) is 107 Å². The third-order valence-corrected chi connectivity index (χ3v) is 5.28. The molecule has 0 spiro atoms. The molecule has 3 aromatic carbocycles. The largest absolute Gasteiger partial charge is 0.490 e. The van der Waals surface area contributed by atoms with Gasteiger partial charge in [-0.05, 0) is 43.3 Å². The first-order chi connectivity index (χ1) is 16.1. The van der Waals surface area contributed by atoms with Gasteiger partial charge in [0, 0.05) is 7.05 Å². The summed E-state index contributed by atoms with van der Waals surface area (Å²) in [5.74, 6) is 0.755. The van der Waals surface area contributed by atoms with Gasteiger partial charge in [0.2, 0.25) is 0 Å². The molecule has 0 radical (unpaired) electrons. The van der Waals surface area contributed by atoms with E-state index in [0.717, 1.165) is 11.4 Å². The summed E-state index contributed by atoms with van der Waals surface area (Å²) in [5.41, 5.74) is 1.63. The lowest BCUT2D eigenvalue weighted by Crippen LogP contribution is -2.23. The maximum absolute atomic E-state index is 13.1. The fraction of sp³-hybridized carbons (Fsp3) is 0.154. The summed E-state index contributed by atoms with van der Waals surface area (Å²) in [7, 11) is 1.78. The number of benzene rings is 3. The smallest absolute Gasteiger partial charge is 0.295 e. The van der Waals surface area contributed by atoms with E-state index in [1.54, 1.807) is 42.9 Å². The molecule has 1 N–H and O–H groups in total. The van der Waals surface area contributed by atoms with Crippen LogP contribution in [0.5, 0.6) is 11.5 Å². The highest BCUT2D eigenvalue weighted by Gasteiger charge is 2.20. The van der Waals surface area contributed by atoms with Crippen molar-refractivity contribution < 1.29 is 14.3 Å². The molecule has 7 heteroatoms. The molecule has 0 saturated heterocycles. The van der Waals surface area contributed by atoms with E-state index >= 15 is 0 Å². The predicted molar refractivity (Wildman–Crippen MR) is 128 cm³/mol. The quantitative estimate of drug-likeness (QED) is 0.414. The van der Waals surface area contributed by atoms with Gasteiger partial charge in [0.25, 0.3) is 11.5 Å². The molecule has 0 bridgehead atoms. The van der Waals surface area contributed by atoms with E-state index in [1.165, 1.54) is 4.68 Å². The molecule has 1 aromatic heterocycles. The first-order valence-corrected chi connectivity index (χ1v) is 10.6. The highest BCUT2D eigenvalue weighted by atomic mass is 16.5. The van der Waals surface area contributed by atoms with Crippen LogP contribution in [0.2, 0.25) is 0 Å². The Labute approximate surface area is 191 Å². The average Bonchev–Trinajstić information content (AvgIpc) is 3.06. The van der Waals surface area contributed by atoms with Gasteiger partial charge >= 0.3 is 0 Å². The molecular weight excluding hydrogens is 418 g/mol. The Balaban J connectivity index is 1.49. The van der Waals surface area contributed by atoms with E-state index in [9.17, 15) is 9.59 Å². The van der Waals surface area contributed by atoms with Gasteiger partial charge in [0.15, 0.2) is 0 Å². The molecule has 1 amide bonds. The second-order valence-corrected chi connectivity index (χ2v) is 7.40. The summed E-state index contributed by atoms with van der Waals surface area (Å²) in [6.07, 6.45) is 0. The molecule has 0 atom stereocenters. The topological polar surface area (TPSA) is 74.5 Å². The first kappa shape index (κ1) is 22.0. The molecule has 1 heterocycles. The molecule has 0 fully saturated rings. The minimum absolute atomic E-state index is 0.230. The highest BCUT2D eigenvalue weighted by Crippen LogP contribution is 2.21. The molecule has 0 aliphatic rings. The fourth-order valence-corrected chi connectivity index (χ4v) is 3.50. The molecule has 0 aliphatic heterocycles. The number of hydrogen-bond donors (Lipinski definition) is 1. The second kappa shape index (κ2) is 9.91. The highest BCUT2D eigenvalue weighted by molar-refractivity contribution is 6.06. The van der Waals surface area contributed by atoms with Crippen LogP contribution in [0.4, 0.5) is 5.69 Å². The van der Waals surface area contributed by atoms with Crippen LogP contribution in [0.3, 0.4) is 0 Å². The van der Waals surface area contributed by atoms with Crippen molar-refractivity contribution in [1.29, 1.82) is 0 Å². The van der Waals surface area contributed by atoms with Crippen molar-refractivity contribution in [3.8, 4) is 17.2 Å². The number of carbonyl (C=O) groups is 1. The Kier molecular flexibility index (Phi) is 6.59. The van der Waals surface area contributed by atoms with Gasteiger partial charge in [-0.15, -0.1) is 0 Å². The van der Waals surface area contributed by atoms with E-state index in [0.29, 0.717) is 23.6 Å². The summed E-state index contributed by atoms with van der Waals surface area (Å²) in [4.78, 5) is 26.2. The van der Waals surface area contributed by atoms with Crippen molar-refractivity contribution in [1.82, 2.24) is 9.36 Å². The standard InChI is InChI=1S/C26H25N3O4/c1-19-24(26(31)29(28(19)2)20-11-5-3-6-12-20)27-25(30)22-15-9-10-16-23(22)33-18-17-32-21-13-7-4-8-14-21/h3-16H,17-18H2,1-2H3,(H,27,30). The minimum Gasteiger partial charge on any atom is -0.490 e. The number of aromatic nitrogens is 2. The van der Waals surface area contributed by atoms with Crippen molar-refractivity contribution >= 4 is 11.6 Å². The van der Waals surface area contributed by atoms with Crippen LogP contribution < -0.4 is 20.3 Å². The van der Waals surface area contributed by atoms with Crippen molar-refractivity contribution in [2.75, 3.05) is 18.5 Å². The van der Waals surface area contributed by atoms with Crippen LogP contribution >= 0.6 is 0 Å². The lowest BCUT2D eigenvalue weighted by atomic mass is 10.2. The van der Waals surface area contributed by atoms with Crippen LogP contribution in [-0.2, 0) is 7.05 Å². The Bertz CT molecular complexity index is 1290. The van der Waals surface area contributed by atoms with Crippen LogP contribution in [0.15, 0.2) is 89.7 Å². The van der Waals surface area contributed by atoms with Crippen molar-refractivity contribution in [2.24, 2.45) is 7.05 Å². The molecule has 0 unspecified atom stereocenters. The minimum atomic E-state index is -0.416. The Morgan fingerprint density at radius 3 is 2.18 bits per heavy atom. The molecule has 0 saturated carbocycles. The Morgan fingerprint density at radius 1 is 0.848 bits per heavy atom. The molecule has 7 nitrogen and oxygen atoms in total. The number of hydrogen-bond acceptors (Lipinski definition) is 4. The molecule has 168 valence electrons. The van der Waals surface area contributed by atoms with Gasteiger partial charge in [0.1, 0.15) is 30.4 Å². The van der Waals surface area contributed by atoms with Gasteiger partial charge in [-0.3, -0.25) is 14.3 Å². The van der Waals surface area contributed by atoms with Crippen LogP contribution in [0.25, 0.3) is 5.69 Å². The molecule has 0 aliphatic carbocycles. The monoisotopic (exact) mass is 443 g/mol. The number of nitrogens with one attached hydrogen (secondary N) is 1. The summed E-state index contributed by atoms with van der Waals surface area (Å²) < 4.78 is 14.7. The van der Waals surface area contributed by atoms with Gasteiger partial charge in [0.05, 0.1) is 16.9 Å². The molecule has 4 aromatic rings. The van der Waals surface area contributed by atoms with Crippen LogP contribution in [-0.4, -0.2) is 28.5 Å². The summed E-state index contributed by atoms with van der Waals surface area (Å²) in [6, 6.07) is 25.7. The van der Waals surface area contributed by atoms with Gasteiger partial charge in [-0.25, -0.2) is 4.68 Å². The Hall–Kier alpha value is -4.26. The lowest BCUT2D eigenvalue weighted by molar-refractivity contribution is 0.102. The summed E-state index contributed by atoms with van der Waals surface area (Å²) in [6.45, 7) is 2.39. The number of ether oxygens (including phenoxy) is 2. The fourth-order valence-electron chi connectivity index (χ4n) is 3.50. The number of anilines is 1. The zero-order valence-corrected chi connectivity index (χ0v) is 18.5. The van der Waals surface area contributed by atoms with Gasteiger partial charge in [-0.1, -0.05) is 48.5 Å². The summed E-state index contributed by atoms with van der Waals surface area (Å²) in [5, 5.41) is 2.78. The first-order valence-electron chi connectivity index (χ1n) is 10.6. The van der Waals surface area contributed by atoms with Crippen LogP contribution in [0, 0.1) is 6.92 Å². The van der Waals surface area contributed by atoms with Gasteiger partial charge in [-0.2, -0.15) is 0 Å². The zero-order valence-electron chi connectivity index (χ0n) is 18.5. The predicted octanol–water partition coefficient (Wildman–Crippen LogP) is 4.19. The maximum atomic E-state index is 13.1. The zero-order chi connectivity index (χ0) is 23.2. The number of rotatable bonds is 8. The summed E-state index contributed by atoms with van der Waals surface area (Å²) >= 11 is 0. The number of para-hydroxylation sites is 3. The molecule has 33 heavy (non-hydrogen) atoms. The molecule has 4 rings (SSSR count). The normalized spacial score (nSPS) is 10.6. The van der Waals surface area contributed by atoms with Crippen LogP contribution in [0.1, 0.15) is 16.1 Å². The second-order valence-electron chi connectivity index (χ2n) is 7.40. The molecular formula is C26H25N3O4. The number of carbonyl (C=O) groups excluding carboxylic acids is 1. The number of amides is 1. The van der Waals surface area contributed by atoms with E-state index in [2.05, 4.69) is 5.32 Å². The van der Waals surface area contributed by atoms with E-state index < -0.39 is 5.91 Å².